The van der Waals surface area contributed by atoms with Crippen LogP contribution in [0.3, 0.4) is 0 Å². The van der Waals surface area contributed by atoms with E-state index in [0.29, 0.717) is 22.7 Å². The summed E-state index contributed by atoms with van der Waals surface area (Å²) in [6, 6.07) is 9.35. The van der Waals surface area contributed by atoms with E-state index in [2.05, 4.69) is 15.4 Å². The van der Waals surface area contributed by atoms with E-state index in [4.69, 9.17) is 4.42 Å². The molecule has 32 heavy (non-hydrogen) atoms. The van der Waals surface area contributed by atoms with E-state index in [1.165, 1.54) is 30.7 Å². The molecule has 1 N–H and O–H groups in total. The number of ketones is 1. The fraction of sp³-hybridized carbons (Fsp3) is 0.182. The number of carbonyl (C=O) groups excluding carboxylic acids is 2. The van der Waals surface area contributed by atoms with Gasteiger partial charge in [-0.1, -0.05) is 6.07 Å². The molecular formula is C22H17F3N4O3. The summed E-state index contributed by atoms with van der Waals surface area (Å²) in [6.45, 7) is 4.72. The normalized spacial score (nSPS) is 11.7. The Bertz CT molecular complexity index is 1370. The lowest BCUT2D eigenvalue weighted by atomic mass is 10.1. The van der Waals surface area contributed by atoms with Crippen molar-refractivity contribution >= 4 is 28.5 Å². The fourth-order valence-corrected chi connectivity index (χ4v) is 3.46. The molecule has 10 heteroatoms. The molecule has 2 heterocycles. The van der Waals surface area contributed by atoms with Crippen molar-refractivity contribution in [1.29, 1.82) is 0 Å². The molecule has 0 aliphatic rings. The van der Waals surface area contributed by atoms with Crippen molar-refractivity contribution in [3.8, 4) is 5.69 Å². The number of fused-ring (bicyclic) bond motifs is 1. The number of nitrogens with one attached hydrogen (secondary N) is 1. The number of amides is 1. The highest BCUT2D eigenvalue weighted by atomic mass is 19.4. The molecule has 2 aromatic heterocycles. The van der Waals surface area contributed by atoms with Gasteiger partial charge < -0.3 is 9.73 Å². The molecule has 164 valence electrons. The molecule has 0 fully saturated rings. The van der Waals surface area contributed by atoms with Gasteiger partial charge in [-0.25, -0.2) is 9.67 Å². The van der Waals surface area contributed by atoms with Gasteiger partial charge in [0.25, 0.3) is 11.7 Å². The zero-order valence-corrected chi connectivity index (χ0v) is 17.2. The average Bonchev–Trinajstić information content (AvgIpc) is 3.24. The first-order valence-electron chi connectivity index (χ1n) is 9.51. The van der Waals surface area contributed by atoms with Crippen molar-refractivity contribution in [1.82, 2.24) is 14.8 Å². The number of nitrogens with zero attached hydrogens (tertiary/aromatic N) is 3. The summed E-state index contributed by atoms with van der Waals surface area (Å²) in [6.07, 6.45) is -4.52. The number of rotatable bonds is 4. The number of hydrogen-bond acceptors (Lipinski definition) is 5. The number of oxazole rings is 1. The lowest BCUT2D eigenvalue weighted by molar-refractivity contribution is -0.137. The predicted octanol–water partition coefficient (Wildman–Crippen LogP) is 4.78. The number of aromatic nitrogens is 3. The van der Waals surface area contributed by atoms with E-state index in [9.17, 15) is 22.8 Å². The third-order valence-electron chi connectivity index (χ3n) is 4.90. The van der Waals surface area contributed by atoms with Gasteiger partial charge in [-0.2, -0.15) is 18.3 Å². The third kappa shape index (κ3) is 3.86. The van der Waals surface area contributed by atoms with Gasteiger partial charge in [0.2, 0.25) is 0 Å². The molecule has 0 spiro atoms. The minimum absolute atomic E-state index is 0.0262. The number of alkyl halides is 3. The fourth-order valence-electron chi connectivity index (χ4n) is 3.46. The maximum absolute atomic E-state index is 13.1. The predicted molar refractivity (Wildman–Crippen MR) is 110 cm³/mol. The molecule has 0 unspecified atom stereocenters. The van der Waals surface area contributed by atoms with Gasteiger partial charge in [0.1, 0.15) is 5.52 Å². The molecule has 0 aliphatic heterocycles. The molecule has 4 rings (SSSR count). The summed E-state index contributed by atoms with van der Waals surface area (Å²) in [7, 11) is 0. The van der Waals surface area contributed by atoms with E-state index < -0.39 is 23.4 Å². The van der Waals surface area contributed by atoms with Crippen LogP contribution in [-0.2, 0) is 11.0 Å². The van der Waals surface area contributed by atoms with Crippen LogP contribution in [0.1, 0.15) is 33.2 Å². The third-order valence-corrected chi connectivity index (χ3v) is 4.90. The van der Waals surface area contributed by atoms with E-state index in [1.54, 1.807) is 25.1 Å². The van der Waals surface area contributed by atoms with Crippen molar-refractivity contribution in [3.63, 3.8) is 0 Å². The van der Waals surface area contributed by atoms with Crippen molar-refractivity contribution in [3.05, 3.63) is 70.9 Å². The van der Waals surface area contributed by atoms with Crippen molar-refractivity contribution in [2.24, 2.45) is 0 Å². The molecule has 0 aliphatic carbocycles. The molecule has 0 bridgehead atoms. The first kappa shape index (κ1) is 21.3. The Morgan fingerprint density at radius 2 is 1.81 bits per heavy atom. The van der Waals surface area contributed by atoms with Crippen LogP contribution in [0.25, 0.3) is 16.8 Å². The van der Waals surface area contributed by atoms with Gasteiger partial charge in [0, 0.05) is 12.6 Å². The largest absolute Gasteiger partial charge is 0.441 e. The summed E-state index contributed by atoms with van der Waals surface area (Å²) in [5, 5.41) is 6.70. The molecule has 0 atom stereocenters. The molecule has 0 saturated carbocycles. The summed E-state index contributed by atoms with van der Waals surface area (Å²) in [5.41, 5.74) is 1.21. The molecule has 0 saturated heterocycles. The van der Waals surface area contributed by atoms with Crippen LogP contribution in [0.4, 0.5) is 18.9 Å². The number of hydrogen-bond donors (Lipinski definition) is 1. The zero-order chi connectivity index (χ0) is 23.2. The summed E-state index contributed by atoms with van der Waals surface area (Å²) >= 11 is 0. The number of carbonyl (C=O) groups is 2. The van der Waals surface area contributed by atoms with Crippen LogP contribution in [0, 0.1) is 20.8 Å². The van der Waals surface area contributed by atoms with Gasteiger partial charge in [0.15, 0.2) is 11.5 Å². The monoisotopic (exact) mass is 442 g/mol. The summed E-state index contributed by atoms with van der Waals surface area (Å²) in [5.74, 6) is -1.29. The topological polar surface area (TPSA) is 90.0 Å². The van der Waals surface area contributed by atoms with Crippen LogP contribution in [0.15, 0.2) is 46.9 Å². The smallest absolute Gasteiger partial charge is 0.416 e. The van der Waals surface area contributed by atoms with Crippen molar-refractivity contribution in [2.75, 3.05) is 5.32 Å². The molecule has 1 amide bonds. The maximum atomic E-state index is 13.1. The minimum Gasteiger partial charge on any atom is -0.441 e. The van der Waals surface area contributed by atoms with Crippen LogP contribution < -0.4 is 5.32 Å². The first-order valence-corrected chi connectivity index (χ1v) is 9.51. The van der Waals surface area contributed by atoms with Gasteiger partial charge in [-0.3, -0.25) is 9.59 Å². The average molecular weight is 442 g/mol. The molecular weight excluding hydrogens is 425 g/mol. The highest BCUT2D eigenvalue weighted by molar-refractivity contribution is 6.47. The second kappa shape index (κ2) is 7.63. The van der Waals surface area contributed by atoms with Crippen LogP contribution in [0.2, 0.25) is 0 Å². The molecule has 4 aromatic rings. The second-order valence-electron chi connectivity index (χ2n) is 7.20. The Balaban J connectivity index is 1.62. The highest BCUT2D eigenvalue weighted by Gasteiger charge is 2.31. The molecule has 2 aromatic carbocycles. The standard InChI is InChI=1S/C22H17F3N4O3/c1-11-19(12(2)29(28-11)16-6-4-5-14(9-16)22(23,24)25)20(30)21(31)27-15-7-8-18-17(10-15)26-13(3)32-18/h4-10H,1-3H3,(H,27,31). The van der Waals surface area contributed by atoms with Crippen molar-refractivity contribution < 1.29 is 27.2 Å². The highest BCUT2D eigenvalue weighted by Crippen LogP contribution is 2.31. The number of anilines is 1. The van der Waals surface area contributed by atoms with E-state index in [-0.39, 0.29) is 22.6 Å². The molecule has 7 nitrogen and oxygen atoms in total. The van der Waals surface area contributed by atoms with Crippen LogP contribution in [-0.4, -0.2) is 26.5 Å². The maximum Gasteiger partial charge on any atom is 0.416 e. The molecule has 0 radical (unpaired) electrons. The van der Waals surface area contributed by atoms with Crippen molar-refractivity contribution in [2.45, 2.75) is 26.9 Å². The Morgan fingerprint density at radius 3 is 2.53 bits per heavy atom. The Morgan fingerprint density at radius 1 is 1.06 bits per heavy atom. The number of benzene rings is 2. The van der Waals surface area contributed by atoms with Crippen LogP contribution in [0.5, 0.6) is 0 Å². The summed E-state index contributed by atoms with van der Waals surface area (Å²) < 4.78 is 45.8. The van der Waals surface area contributed by atoms with Gasteiger partial charge >= 0.3 is 6.18 Å². The van der Waals surface area contributed by atoms with E-state index in [1.807, 2.05) is 0 Å². The quantitative estimate of drug-likeness (QED) is 0.363. The number of aryl methyl sites for hydroxylation is 2. The first-order chi connectivity index (χ1) is 15.0. The number of halogens is 3. The van der Waals surface area contributed by atoms with E-state index >= 15 is 0 Å². The lowest BCUT2D eigenvalue weighted by Crippen LogP contribution is -2.24. The zero-order valence-electron chi connectivity index (χ0n) is 17.2. The van der Waals surface area contributed by atoms with Gasteiger partial charge in [-0.15, -0.1) is 0 Å². The number of Topliss-reactive ketones (excluding diaryl/α,β-unsaturated/α-hetero) is 1. The second-order valence-corrected chi connectivity index (χ2v) is 7.20. The lowest BCUT2D eigenvalue weighted by Gasteiger charge is -2.10. The Kier molecular flexibility index (Phi) is 5.08. The van der Waals surface area contributed by atoms with Gasteiger partial charge in [-0.05, 0) is 50.2 Å². The van der Waals surface area contributed by atoms with E-state index in [0.717, 1.165) is 12.1 Å². The Labute approximate surface area is 179 Å². The summed E-state index contributed by atoms with van der Waals surface area (Å²) in [4.78, 5) is 29.6. The van der Waals surface area contributed by atoms with Gasteiger partial charge in [0.05, 0.1) is 28.2 Å². The SMILES string of the molecule is Cc1nc2cc(NC(=O)C(=O)c3c(C)nn(-c4cccc(C(F)(F)F)c4)c3C)ccc2o1. The van der Waals surface area contributed by atoms with Crippen LogP contribution >= 0.6 is 0 Å². The minimum atomic E-state index is -4.52. The Hall–Kier alpha value is -3.95.